The maximum absolute atomic E-state index is 17.5. The zero-order valence-electron chi connectivity index (χ0n) is 23.7. The molecule has 224 valence electrons. The minimum atomic E-state index is -2.70. The van der Waals surface area contributed by atoms with Gasteiger partial charge >= 0.3 is 17.9 Å². The predicted molar refractivity (Wildman–Crippen MR) is 157 cm³/mol. The minimum absolute atomic E-state index is 0.0216. The van der Waals surface area contributed by atoms with Crippen LogP contribution < -0.4 is 0 Å². The van der Waals surface area contributed by atoms with Crippen molar-refractivity contribution in [2.24, 2.45) is 0 Å². The van der Waals surface area contributed by atoms with E-state index in [1.165, 1.54) is 46.2 Å². The van der Waals surface area contributed by atoms with Gasteiger partial charge in [0.2, 0.25) is 10.8 Å². The van der Waals surface area contributed by atoms with Crippen LogP contribution in [0.1, 0.15) is 40.3 Å². The molecule has 0 saturated carbocycles. The molecule has 0 radical (unpaired) electrons. The molecule has 10 nitrogen and oxygen atoms in total. The number of hydrogen-bond donors (Lipinski definition) is 0. The molecular formula is C30H28FN3O7S2. The quantitative estimate of drug-likeness (QED) is 0.140. The van der Waals surface area contributed by atoms with E-state index < -0.39 is 48.2 Å². The molecular weight excluding hydrogens is 597 g/mol. The first-order chi connectivity index (χ1) is 20.6. The van der Waals surface area contributed by atoms with Gasteiger partial charge in [-0.05, 0) is 55.8 Å². The third-order valence-corrected chi connectivity index (χ3v) is 8.15. The van der Waals surface area contributed by atoms with Gasteiger partial charge < -0.3 is 18.9 Å². The van der Waals surface area contributed by atoms with E-state index in [4.69, 9.17) is 18.9 Å². The second-order valence-electron chi connectivity index (χ2n) is 9.72. The number of carbonyl (C=O) groups is 3. The first-order valence-electron chi connectivity index (χ1n) is 13.1. The van der Waals surface area contributed by atoms with Crippen molar-refractivity contribution in [3.8, 4) is 0 Å². The molecule has 0 aliphatic carbocycles. The van der Waals surface area contributed by atoms with Gasteiger partial charge in [0.05, 0.1) is 16.6 Å². The van der Waals surface area contributed by atoms with E-state index in [9.17, 15) is 14.4 Å². The van der Waals surface area contributed by atoms with Crippen LogP contribution >= 0.6 is 23.5 Å². The molecule has 1 saturated heterocycles. The SMILES string of the molecule is CSc1nc(SC)c2ccc(C3(OC(C)=O)O[C@H](COC(=O)c4ccccc4)[C@@H](OC(=O)c4ccccc4)[C@@]3(C)F)n2n1. The number of aromatic nitrogens is 3. The topological polar surface area (TPSA) is 118 Å². The lowest BCUT2D eigenvalue weighted by Gasteiger charge is -2.36. The fourth-order valence-corrected chi connectivity index (χ4v) is 5.88. The summed E-state index contributed by atoms with van der Waals surface area (Å²) in [6.07, 6.45) is 0.554. The van der Waals surface area contributed by atoms with Crippen LogP contribution in [0.25, 0.3) is 5.52 Å². The Kier molecular flexibility index (Phi) is 8.76. The molecule has 4 aromatic rings. The van der Waals surface area contributed by atoms with E-state index in [0.29, 0.717) is 15.7 Å². The summed E-state index contributed by atoms with van der Waals surface area (Å²) in [5, 5.41) is 5.50. The highest BCUT2D eigenvalue weighted by Gasteiger charge is 2.71. The Morgan fingerprint density at radius 1 is 0.953 bits per heavy atom. The number of halogens is 1. The Morgan fingerprint density at radius 2 is 1.58 bits per heavy atom. The average molecular weight is 626 g/mol. The Labute approximate surface area is 255 Å². The van der Waals surface area contributed by atoms with Crippen LogP contribution in [-0.4, -0.2) is 69.5 Å². The normalized spacial score (nSPS) is 23.2. The lowest BCUT2D eigenvalue weighted by atomic mass is 9.89. The van der Waals surface area contributed by atoms with Crippen molar-refractivity contribution >= 4 is 46.9 Å². The number of carbonyl (C=O) groups excluding carboxylic acids is 3. The molecule has 43 heavy (non-hydrogen) atoms. The number of esters is 3. The molecule has 1 unspecified atom stereocenters. The molecule has 1 fully saturated rings. The number of nitrogens with zero attached hydrogens (tertiary/aromatic N) is 3. The van der Waals surface area contributed by atoms with E-state index in [1.54, 1.807) is 60.9 Å². The van der Waals surface area contributed by atoms with E-state index in [0.717, 1.165) is 13.8 Å². The maximum Gasteiger partial charge on any atom is 0.338 e. The van der Waals surface area contributed by atoms with Crippen molar-refractivity contribution in [1.29, 1.82) is 0 Å². The van der Waals surface area contributed by atoms with E-state index >= 15 is 4.39 Å². The second-order valence-corrected chi connectivity index (χ2v) is 11.3. The van der Waals surface area contributed by atoms with Gasteiger partial charge in [0, 0.05) is 6.92 Å². The number of alkyl halides is 1. The second kappa shape index (κ2) is 12.3. The molecule has 0 bridgehead atoms. The summed E-state index contributed by atoms with van der Waals surface area (Å²) >= 11 is 2.63. The fraction of sp³-hybridized carbons (Fsp3) is 0.300. The number of hydrogen-bond acceptors (Lipinski definition) is 11. The van der Waals surface area contributed by atoms with Gasteiger partial charge in [-0.25, -0.2) is 23.5 Å². The first-order valence-corrected chi connectivity index (χ1v) is 15.6. The number of benzene rings is 2. The molecule has 2 aromatic carbocycles. The molecule has 2 aromatic heterocycles. The van der Waals surface area contributed by atoms with E-state index in [2.05, 4.69) is 10.1 Å². The zero-order chi connectivity index (χ0) is 30.8. The van der Waals surface area contributed by atoms with Crippen molar-refractivity contribution in [3.05, 3.63) is 89.6 Å². The highest BCUT2D eigenvalue weighted by Crippen LogP contribution is 2.52. The van der Waals surface area contributed by atoms with E-state index in [-0.39, 0.29) is 16.8 Å². The summed E-state index contributed by atoms with van der Waals surface area (Å²) in [5.41, 5.74) is -1.74. The maximum atomic E-state index is 17.5. The number of fused-ring (bicyclic) bond motifs is 1. The molecule has 4 atom stereocenters. The van der Waals surface area contributed by atoms with Gasteiger partial charge in [0.1, 0.15) is 23.4 Å². The fourth-order valence-electron chi connectivity index (χ4n) is 4.93. The van der Waals surface area contributed by atoms with Gasteiger partial charge in [-0.1, -0.05) is 48.2 Å². The molecule has 0 N–H and O–H groups in total. The van der Waals surface area contributed by atoms with Gasteiger partial charge in [-0.2, -0.15) is 0 Å². The third kappa shape index (κ3) is 5.71. The smallest absolute Gasteiger partial charge is 0.338 e. The Balaban J connectivity index is 1.61. The van der Waals surface area contributed by atoms with Crippen LogP contribution in [0.2, 0.25) is 0 Å². The molecule has 1 aliphatic heterocycles. The summed E-state index contributed by atoms with van der Waals surface area (Å²) < 4.78 is 42.1. The van der Waals surface area contributed by atoms with Gasteiger partial charge in [-0.3, -0.25) is 4.79 Å². The van der Waals surface area contributed by atoms with Crippen molar-refractivity contribution in [1.82, 2.24) is 14.6 Å². The molecule has 5 rings (SSSR count). The van der Waals surface area contributed by atoms with Crippen molar-refractivity contribution in [2.45, 2.75) is 47.7 Å². The molecule has 0 spiro atoms. The minimum Gasteiger partial charge on any atom is -0.459 e. The Morgan fingerprint density at radius 3 is 2.16 bits per heavy atom. The van der Waals surface area contributed by atoms with Gasteiger partial charge in [0.15, 0.2) is 6.10 Å². The lowest BCUT2D eigenvalue weighted by molar-refractivity contribution is -0.271. The number of thioether (sulfide) groups is 2. The van der Waals surface area contributed by atoms with Crippen LogP contribution in [-0.2, 0) is 29.5 Å². The lowest BCUT2D eigenvalue weighted by Crippen LogP contribution is -2.53. The highest BCUT2D eigenvalue weighted by atomic mass is 32.2. The largest absolute Gasteiger partial charge is 0.459 e. The van der Waals surface area contributed by atoms with E-state index in [1.807, 2.05) is 6.26 Å². The Hall–Kier alpha value is -3.94. The molecule has 1 aliphatic rings. The van der Waals surface area contributed by atoms with Crippen LogP contribution in [0.4, 0.5) is 4.39 Å². The summed E-state index contributed by atoms with van der Waals surface area (Å²) in [7, 11) is 0. The standard InChI is InChI=1S/C30H28FN3O7S2/c1-18(35)40-30(23-16-15-21-25(42-3)32-28(43-4)33-34(21)23)29(2,31)24(39-27(37)20-13-9-6-10-14-20)22(41-30)17-38-26(36)19-11-7-5-8-12-19/h5-16,22,24H,17H2,1-4H3/t22-,24-,29-,30?/m1/s1. The third-order valence-electron chi connectivity index (χ3n) is 6.92. The summed E-state index contributed by atoms with van der Waals surface area (Å²) in [4.78, 5) is 43.1. The monoisotopic (exact) mass is 625 g/mol. The Bertz CT molecular complexity index is 1650. The summed E-state index contributed by atoms with van der Waals surface area (Å²) in [6, 6.07) is 19.4. The van der Waals surface area contributed by atoms with Crippen LogP contribution in [0.15, 0.2) is 83.0 Å². The van der Waals surface area contributed by atoms with Gasteiger partial charge in [-0.15, -0.1) is 16.9 Å². The van der Waals surface area contributed by atoms with Crippen molar-refractivity contribution in [2.75, 3.05) is 19.1 Å². The predicted octanol–water partition coefficient (Wildman–Crippen LogP) is 5.10. The van der Waals surface area contributed by atoms with Crippen molar-refractivity contribution < 1.29 is 37.7 Å². The molecule has 3 heterocycles. The van der Waals surface area contributed by atoms with Gasteiger partial charge in [0.25, 0.3) is 5.79 Å². The summed E-state index contributed by atoms with van der Waals surface area (Å²) in [6.45, 7) is 1.71. The van der Waals surface area contributed by atoms with Crippen LogP contribution in [0, 0.1) is 0 Å². The number of ether oxygens (including phenoxy) is 4. The number of rotatable bonds is 9. The van der Waals surface area contributed by atoms with Crippen molar-refractivity contribution in [3.63, 3.8) is 0 Å². The molecule has 13 heteroatoms. The average Bonchev–Trinajstić information content (AvgIpc) is 3.53. The van der Waals surface area contributed by atoms with Crippen LogP contribution in [0.3, 0.4) is 0 Å². The summed E-state index contributed by atoms with van der Waals surface area (Å²) in [5.74, 6) is -4.86. The highest BCUT2D eigenvalue weighted by molar-refractivity contribution is 7.99. The van der Waals surface area contributed by atoms with Crippen LogP contribution in [0.5, 0.6) is 0 Å². The first kappa shape index (κ1) is 30.5. The zero-order valence-corrected chi connectivity index (χ0v) is 25.3. The molecule has 0 amide bonds.